The van der Waals surface area contributed by atoms with Gasteiger partial charge < -0.3 is 10.1 Å². The van der Waals surface area contributed by atoms with Gasteiger partial charge >= 0.3 is 0 Å². The molecule has 1 rings (SSSR count). The van der Waals surface area contributed by atoms with E-state index in [2.05, 4.69) is 16.9 Å². The lowest BCUT2D eigenvalue weighted by atomic mass is 10.2. The van der Waals surface area contributed by atoms with E-state index in [-0.39, 0.29) is 5.82 Å². The number of nitrogens with one attached hydrogen (secondary N) is 1. The number of ether oxygens (including phenoxy) is 1. The number of hydrogen-bond acceptors (Lipinski definition) is 3. The molecule has 0 amide bonds. The molecule has 0 spiro atoms. The summed E-state index contributed by atoms with van der Waals surface area (Å²) in [6, 6.07) is 6.57. The van der Waals surface area contributed by atoms with Gasteiger partial charge in [-0.1, -0.05) is 24.8 Å². The van der Waals surface area contributed by atoms with Gasteiger partial charge in [-0.3, -0.25) is 4.99 Å². The Morgan fingerprint density at radius 2 is 2.18 bits per heavy atom. The Bertz CT molecular complexity index is 366. The summed E-state index contributed by atoms with van der Waals surface area (Å²) in [5.74, 6) is -0.247. The van der Waals surface area contributed by atoms with Gasteiger partial charge in [0.05, 0.1) is 19.4 Å². The molecule has 0 bridgehead atoms. The van der Waals surface area contributed by atoms with Crippen LogP contribution in [0.2, 0.25) is 0 Å². The van der Waals surface area contributed by atoms with Gasteiger partial charge in [-0.05, 0) is 6.07 Å². The minimum absolute atomic E-state index is 0.247. The Balaban J connectivity index is 2.14. The first-order valence-corrected chi connectivity index (χ1v) is 5.52. The van der Waals surface area contributed by atoms with Crippen molar-refractivity contribution in [3.8, 4) is 0 Å². The smallest absolute Gasteiger partial charge is 0.131 e. The van der Waals surface area contributed by atoms with E-state index in [1.165, 1.54) is 12.3 Å². The quantitative estimate of drug-likeness (QED) is 0.425. The van der Waals surface area contributed by atoms with Gasteiger partial charge in [0.25, 0.3) is 0 Å². The maximum atomic E-state index is 13.2. The number of halogens is 1. The summed E-state index contributed by atoms with van der Waals surface area (Å²) in [5.41, 5.74) is 0.516. The van der Waals surface area contributed by atoms with Crippen LogP contribution < -0.4 is 5.32 Å². The third-order valence-electron chi connectivity index (χ3n) is 2.07. The molecule has 0 saturated heterocycles. The predicted molar refractivity (Wildman–Crippen MR) is 67.9 cm³/mol. The van der Waals surface area contributed by atoms with E-state index in [1.54, 1.807) is 24.4 Å². The lowest BCUT2D eigenvalue weighted by Gasteiger charge is -2.01. The normalized spacial score (nSPS) is 10.6. The van der Waals surface area contributed by atoms with Crippen molar-refractivity contribution in [2.24, 2.45) is 4.99 Å². The number of benzene rings is 1. The average molecular weight is 236 g/mol. The van der Waals surface area contributed by atoms with Crippen molar-refractivity contribution in [3.63, 3.8) is 0 Å². The molecule has 92 valence electrons. The largest absolute Gasteiger partial charge is 0.500 e. The number of hydrogen-bond donors (Lipinski definition) is 1. The van der Waals surface area contributed by atoms with Gasteiger partial charge in [0.15, 0.2) is 0 Å². The van der Waals surface area contributed by atoms with Crippen LogP contribution in [0.15, 0.2) is 42.1 Å². The fraction of sp³-hybridized carbons (Fsp3) is 0.308. The lowest BCUT2D eigenvalue weighted by Crippen LogP contribution is -2.21. The number of rotatable bonds is 8. The molecule has 1 aromatic carbocycles. The summed E-state index contributed by atoms with van der Waals surface area (Å²) < 4.78 is 18.1. The summed E-state index contributed by atoms with van der Waals surface area (Å²) in [7, 11) is 0. The van der Waals surface area contributed by atoms with Crippen LogP contribution in [0, 0.1) is 5.82 Å². The van der Waals surface area contributed by atoms with Gasteiger partial charge in [0.1, 0.15) is 5.82 Å². The van der Waals surface area contributed by atoms with Crippen molar-refractivity contribution in [3.05, 3.63) is 48.5 Å². The van der Waals surface area contributed by atoms with Crippen molar-refractivity contribution in [2.45, 2.75) is 0 Å². The second-order valence-corrected chi connectivity index (χ2v) is 3.34. The van der Waals surface area contributed by atoms with Gasteiger partial charge in [0.2, 0.25) is 0 Å². The van der Waals surface area contributed by atoms with Crippen LogP contribution in [0.1, 0.15) is 5.56 Å². The van der Waals surface area contributed by atoms with Crippen molar-refractivity contribution < 1.29 is 9.13 Å². The number of aliphatic imine (C=N–C) groups is 1. The first-order chi connectivity index (χ1) is 8.34. The van der Waals surface area contributed by atoms with E-state index in [4.69, 9.17) is 4.74 Å². The molecule has 0 atom stereocenters. The van der Waals surface area contributed by atoms with Crippen LogP contribution in [0.5, 0.6) is 0 Å². The zero-order valence-corrected chi connectivity index (χ0v) is 9.73. The molecule has 0 unspecified atom stereocenters. The van der Waals surface area contributed by atoms with E-state index in [1.807, 2.05) is 0 Å². The Morgan fingerprint density at radius 3 is 2.94 bits per heavy atom. The molecule has 0 heterocycles. The van der Waals surface area contributed by atoms with E-state index in [9.17, 15) is 4.39 Å². The van der Waals surface area contributed by atoms with Crippen molar-refractivity contribution in [2.75, 3.05) is 26.2 Å². The molecule has 0 aromatic heterocycles. The molecule has 1 N–H and O–H groups in total. The second kappa shape index (κ2) is 8.47. The van der Waals surface area contributed by atoms with Gasteiger partial charge in [-0.2, -0.15) is 0 Å². The Hall–Kier alpha value is -1.68. The van der Waals surface area contributed by atoms with Crippen LogP contribution in [-0.2, 0) is 4.74 Å². The van der Waals surface area contributed by atoms with E-state index >= 15 is 0 Å². The highest BCUT2D eigenvalue weighted by atomic mass is 19.1. The Labute approximate surface area is 101 Å². The van der Waals surface area contributed by atoms with Crippen LogP contribution in [0.3, 0.4) is 0 Å². The molecule has 0 saturated carbocycles. The van der Waals surface area contributed by atoms with Gasteiger partial charge in [-0.15, -0.1) is 0 Å². The predicted octanol–water partition coefficient (Wildman–Crippen LogP) is 1.99. The molecule has 0 aliphatic heterocycles. The topological polar surface area (TPSA) is 33.6 Å². The monoisotopic (exact) mass is 236 g/mol. The summed E-state index contributed by atoms with van der Waals surface area (Å²) >= 11 is 0. The van der Waals surface area contributed by atoms with E-state index < -0.39 is 0 Å². The van der Waals surface area contributed by atoms with Crippen molar-refractivity contribution in [1.82, 2.24) is 5.32 Å². The van der Waals surface area contributed by atoms with Gasteiger partial charge in [0, 0.05) is 24.9 Å². The minimum Gasteiger partial charge on any atom is -0.500 e. The molecule has 0 fully saturated rings. The molecule has 0 aliphatic carbocycles. The summed E-state index contributed by atoms with van der Waals surface area (Å²) in [6.45, 7) is 6.14. The standard InChI is InChI=1S/C13H17FN2O/c1-2-17-10-9-15-7-8-16-11-12-5-3-4-6-13(12)14/h2-6,11,15H,1,7-10H2. The highest BCUT2D eigenvalue weighted by Gasteiger charge is 1.94. The summed E-state index contributed by atoms with van der Waals surface area (Å²) in [4.78, 5) is 4.13. The SMILES string of the molecule is C=COCCNCCN=Cc1ccccc1F. The molecule has 0 aliphatic rings. The first kappa shape index (κ1) is 13.4. The van der Waals surface area contributed by atoms with Gasteiger partial charge in [-0.25, -0.2) is 4.39 Å². The summed E-state index contributed by atoms with van der Waals surface area (Å²) in [6.07, 6.45) is 2.97. The molecule has 0 radical (unpaired) electrons. The Kier molecular flexibility index (Phi) is 6.67. The van der Waals surface area contributed by atoms with Crippen LogP contribution in [0.4, 0.5) is 4.39 Å². The molecular weight excluding hydrogens is 219 g/mol. The van der Waals surface area contributed by atoms with Crippen LogP contribution in [0.25, 0.3) is 0 Å². The average Bonchev–Trinajstić information content (AvgIpc) is 2.35. The summed E-state index contributed by atoms with van der Waals surface area (Å²) in [5, 5.41) is 3.14. The highest BCUT2D eigenvalue weighted by Crippen LogP contribution is 2.02. The molecule has 4 heteroatoms. The maximum absolute atomic E-state index is 13.2. The molecular formula is C13H17FN2O. The van der Waals surface area contributed by atoms with Crippen molar-refractivity contribution >= 4 is 6.21 Å². The Morgan fingerprint density at radius 1 is 1.35 bits per heavy atom. The number of nitrogens with zero attached hydrogens (tertiary/aromatic N) is 1. The van der Waals surface area contributed by atoms with Crippen LogP contribution >= 0.6 is 0 Å². The molecule has 3 nitrogen and oxygen atoms in total. The zero-order valence-electron chi connectivity index (χ0n) is 9.73. The molecule has 1 aromatic rings. The van der Waals surface area contributed by atoms with E-state index in [0.29, 0.717) is 18.7 Å². The highest BCUT2D eigenvalue weighted by molar-refractivity contribution is 5.79. The minimum atomic E-state index is -0.247. The zero-order chi connectivity index (χ0) is 12.3. The lowest BCUT2D eigenvalue weighted by molar-refractivity contribution is 0.251. The first-order valence-electron chi connectivity index (χ1n) is 5.52. The van der Waals surface area contributed by atoms with Crippen molar-refractivity contribution in [1.29, 1.82) is 0 Å². The maximum Gasteiger partial charge on any atom is 0.131 e. The second-order valence-electron chi connectivity index (χ2n) is 3.34. The third kappa shape index (κ3) is 5.82. The molecule has 17 heavy (non-hydrogen) atoms. The fourth-order valence-electron chi connectivity index (χ4n) is 1.23. The van der Waals surface area contributed by atoms with Crippen LogP contribution in [-0.4, -0.2) is 32.5 Å². The fourth-order valence-corrected chi connectivity index (χ4v) is 1.23. The van der Waals surface area contributed by atoms with E-state index in [0.717, 1.165) is 13.1 Å². The third-order valence-corrected chi connectivity index (χ3v) is 2.07.